The Bertz CT molecular complexity index is 1380. The topological polar surface area (TPSA) is 124 Å². The maximum absolute atomic E-state index is 12.7. The highest BCUT2D eigenvalue weighted by molar-refractivity contribution is 6.35. The van der Waals surface area contributed by atoms with E-state index >= 15 is 0 Å². The quantitative estimate of drug-likeness (QED) is 0.155. The van der Waals surface area contributed by atoms with Gasteiger partial charge in [-0.15, -0.1) is 0 Å². The molecule has 0 aliphatic heterocycles. The molecule has 0 heterocycles. The van der Waals surface area contributed by atoms with Gasteiger partial charge in [0.25, 0.3) is 11.6 Å². The van der Waals surface area contributed by atoms with Gasteiger partial charge >= 0.3 is 0 Å². The molecular weight excluding hydrogens is 509 g/mol. The van der Waals surface area contributed by atoms with Crippen LogP contribution in [0, 0.1) is 21.4 Å². The average molecular weight is 528 g/mol. The highest BCUT2D eigenvalue weighted by Crippen LogP contribution is 2.32. The maximum atomic E-state index is 12.7. The highest BCUT2D eigenvalue weighted by atomic mass is 35.5. The minimum absolute atomic E-state index is 0.0749. The van der Waals surface area contributed by atoms with Gasteiger partial charge in [-0.05, 0) is 48.0 Å². The van der Waals surface area contributed by atoms with E-state index in [1.807, 2.05) is 6.07 Å². The lowest BCUT2D eigenvalue weighted by atomic mass is 10.1. The number of anilines is 1. The van der Waals surface area contributed by atoms with E-state index in [-0.39, 0.29) is 29.3 Å². The summed E-state index contributed by atoms with van der Waals surface area (Å²) in [5.74, 6) is 0.209. The second-order valence-corrected chi connectivity index (χ2v) is 8.04. The van der Waals surface area contributed by atoms with E-state index < -0.39 is 10.8 Å². The van der Waals surface area contributed by atoms with Crippen molar-refractivity contribution < 1.29 is 23.9 Å². The zero-order chi connectivity index (χ0) is 26.2. The van der Waals surface area contributed by atoms with Crippen LogP contribution in [0.3, 0.4) is 0 Å². The lowest BCUT2D eigenvalue weighted by Gasteiger charge is -2.12. The van der Waals surface area contributed by atoms with Crippen molar-refractivity contribution in [3.05, 3.63) is 91.5 Å². The van der Waals surface area contributed by atoms with Crippen molar-refractivity contribution in [3.63, 3.8) is 0 Å². The van der Waals surface area contributed by atoms with Crippen LogP contribution in [-0.4, -0.2) is 25.1 Å². The number of amides is 1. The molecule has 0 aliphatic carbocycles. The zero-order valence-corrected chi connectivity index (χ0v) is 20.6. The number of nitro groups is 1. The molecule has 0 fully saturated rings. The first-order valence-corrected chi connectivity index (χ1v) is 11.0. The number of rotatable bonds is 9. The normalized spacial score (nSPS) is 10.8. The first-order valence-electron chi connectivity index (χ1n) is 10.3. The van der Waals surface area contributed by atoms with E-state index in [0.29, 0.717) is 27.1 Å². The van der Waals surface area contributed by atoms with Gasteiger partial charge in [-0.25, -0.2) is 0 Å². The molecule has 184 valence electrons. The fraction of sp³-hybridized carbons (Fsp3) is 0.120. The van der Waals surface area contributed by atoms with E-state index in [1.165, 1.54) is 38.5 Å². The molecule has 0 aliphatic rings. The minimum atomic E-state index is -0.817. The van der Waals surface area contributed by atoms with Crippen LogP contribution in [0.25, 0.3) is 6.08 Å². The molecule has 3 aromatic carbocycles. The number of halogens is 2. The van der Waals surface area contributed by atoms with Gasteiger partial charge < -0.3 is 19.5 Å². The smallest absolute Gasteiger partial charge is 0.296 e. The summed E-state index contributed by atoms with van der Waals surface area (Å²) < 4.78 is 16.2. The second-order valence-electron chi connectivity index (χ2n) is 7.20. The number of ether oxygens (including phenoxy) is 3. The summed E-state index contributed by atoms with van der Waals surface area (Å²) in [5, 5.41) is 24.3. The Morgan fingerprint density at radius 1 is 1.08 bits per heavy atom. The van der Waals surface area contributed by atoms with Crippen molar-refractivity contribution >= 4 is 46.6 Å². The van der Waals surface area contributed by atoms with Gasteiger partial charge in [0.1, 0.15) is 29.7 Å². The van der Waals surface area contributed by atoms with Crippen molar-refractivity contribution in [3.8, 4) is 23.3 Å². The Hall–Kier alpha value is -4.26. The third kappa shape index (κ3) is 6.44. The fourth-order valence-electron chi connectivity index (χ4n) is 3.09. The molecular formula is C25H19Cl2N3O6. The molecule has 0 bridgehead atoms. The molecule has 11 heteroatoms. The molecule has 36 heavy (non-hydrogen) atoms. The molecule has 1 amide bonds. The second kappa shape index (κ2) is 11.9. The number of methoxy groups -OCH3 is 2. The number of carbonyl (C=O) groups is 1. The molecule has 0 saturated carbocycles. The molecule has 0 aromatic heterocycles. The van der Waals surface area contributed by atoms with Gasteiger partial charge in [0.15, 0.2) is 11.5 Å². The molecule has 3 aromatic rings. The van der Waals surface area contributed by atoms with Gasteiger partial charge in [-0.2, -0.15) is 5.26 Å². The van der Waals surface area contributed by atoms with Crippen LogP contribution in [0.15, 0.2) is 60.2 Å². The van der Waals surface area contributed by atoms with E-state index in [1.54, 1.807) is 36.4 Å². The third-order valence-corrected chi connectivity index (χ3v) is 5.50. The minimum Gasteiger partial charge on any atom is -0.496 e. The first-order chi connectivity index (χ1) is 17.2. The van der Waals surface area contributed by atoms with Crippen LogP contribution in [-0.2, 0) is 11.4 Å². The van der Waals surface area contributed by atoms with E-state index in [0.717, 1.165) is 5.56 Å². The molecule has 3 rings (SSSR count). The van der Waals surface area contributed by atoms with Gasteiger partial charge in [-0.1, -0.05) is 35.3 Å². The Morgan fingerprint density at radius 3 is 2.50 bits per heavy atom. The van der Waals surface area contributed by atoms with Crippen LogP contribution >= 0.6 is 23.2 Å². The summed E-state index contributed by atoms with van der Waals surface area (Å²) in [6, 6.07) is 15.7. The van der Waals surface area contributed by atoms with Crippen molar-refractivity contribution in [2.45, 2.75) is 6.61 Å². The molecule has 0 radical (unpaired) electrons. The Balaban J connectivity index is 1.80. The maximum Gasteiger partial charge on any atom is 0.296 e. The Morgan fingerprint density at radius 2 is 1.86 bits per heavy atom. The number of nitrogens with zero attached hydrogens (tertiary/aromatic N) is 2. The average Bonchev–Trinajstić information content (AvgIpc) is 2.87. The SMILES string of the molecule is COc1ccc(NC(=O)/C(C#N)=C/c2ccc(OCc3ccc(Cl)cc3Cl)c(OC)c2)c([N+](=O)[O-])c1. The molecule has 0 spiro atoms. The van der Waals surface area contributed by atoms with Crippen LogP contribution in [0.2, 0.25) is 10.0 Å². The van der Waals surface area contributed by atoms with Crippen molar-refractivity contribution in [1.29, 1.82) is 5.26 Å². The molecule has 0 saturated heterocycles. The number of nitro benzene ring substituents is 1. The van der Waals surface area contributed by atoms with E-state index in [4.69, 9.17) is 37.4 Å². The summed E-state index contributed by atoms with van der Waals surface area (Å²) in [5.41, 5.74) is 0.477. The summed E-state index contributed by atoms with van der Waals surface area (Å²) in [6.45, 7) is 0.161. The molecule has 9 nitrogen and oxygen atoms in total. The summed E-state index contributed by atoms with van der Waals surface area (Å²) in [7, 11) is 2.82. The number of nitriles is 1. The molecule has 0 atom stereocenters. The van der Waals surface area contributed by atoms with E-state index in [2.05, 4.69) is 5.32 Å². The lowest BCUT2D eigenvalue weighted by Crippen LogP contribution is -2.14. The predicted octanol–water partition coefficient (Wildman–Crippen LogP) is 6.04. The van der Waals surface area contributed by atoms with Gasteiger partial charge in [0.2, 0.25) is 0 Å². The Labute approximate surface area is 216 Å². The lowest BCUT2D eigenvalue weighted by molar-refractivity contribution is -0.384. The first kappa shape index (κ1) is 26.3. The number of hydrogen-bond donors (Lipinski definition) is 1. The molecule has 0 unspecified atom stereocenters. The zero-order valence-electron chi connectivity index (χ0n) is 19.1. The third-order valence-electron chi connectivity index (χ3n) is 4.91. The summed E-state index contributed by atoms with van der Waals surface area (Å²) in [4.78, 5) is 23.4. The largest absolute Gasteiger partial charge is 0.496 e. The van der Waals surface area contributed by atoms with Crippen molar-refractivity contribution in [2.75, 3.05) is 19.5 Å². The standard InChI is InChI=1S/C25H19Cl2N3O6/c1-34-19-6-7-21(22(12-19)30(32)33)29-25(31)17(13-28)9-15-3-8-23(24(10-15)35-2)36-14-16-4-5-18(26)11-20(16)27/h3-12H,14H2,1-2H3,(H,29,31)/b17-9+. The summed E-state index contributed by atoms with van der Waals surface area (Å²) >= 11 is 12.1. The predicted molar refractivity (Wildman–Crippen MR) is 136 cm³/mol. The molecule has 1 N–H and O–H groups in total. The fourth-order valence-corrected chi connectivity index (χ4v) is 3.55. The van der Waals surface area contributed by atoms with Gasteiger partial charge in [0, 0.05) is 15.6 Å². The van der Waals surface area contributed by atoms with E-state index in [9.17, 15) is 20.2 Å². The van der Waals surface area contributed by atoms with Crippen LogP contribution < -0.4 is 19.5 Å². The summed E-state index contributed by atoms with van der Waals surface area (Å²) in [6.07, 6.45) is 1.33. The Kier molecular flexibility index (Phi) is 8.73. The number of carbonyl (C=O) groups excluding carboxylic acids is 1. The number of hydrogen-bond acceptors (Lipinski definition) is 7. The van der Waals surface area contributed by atoms with Crippen molar-refractivity contribution in [2.24, 2.45) is 0 Å². The highest BCUT2D eigenvalue weighted by Gasteiger charge is 2.19. The number of nitrogens with one attached hydrogen (secondary N) is 1. The monoisotopic (exact) mass is 527 g/mol. The van der Waals surface area contributed by atoms with Gasteiger partial charge in [0.05, 0.1) is 25.2 Å². The van der Waals surface area contributed by atoms with Crippen LogP contribution in [0.4, 0.5) is 11.4 Å². The van der Waals surface area contributed by atoms with Crippen LogP contribution in [0.1, 0.15) is 11.1 Å². The van der Waals surface area contributed by atoms with Crippen LogP contribution in [0.5, 0.6) is 17.2 Å². The van der Waals surface area contributed by atoms with Crippen molar-refractivity contribution in [1.82, 2.24) is 0 Å². The van der Waals surface area contributed by atoms with Gasteiger partial charge in [-0.3, -0.25) is 14.9 Å². The number of benzene rings is 3.